The first-order valence-electron chi connectivity index (χ1n) is 11.9. The number of methoxy groups -OCH3 is 1. The fourth-order valence-electron chi connectivity index (χ4n) is 5.46. The molecule has 1 saturated heterocycles. The van der Waals surface area contributed by atoms with E-state index >= 15 is 0 Å². The molecule has 1 aliphatic carbocycles. The number of ether oxygens (including phenoxy) is 3. The van der Waals surface area contributed by atoms with Crippen molar-refractivity contribution in [1.29, 1.82) is 0 Å². The molecule has 0 radical (unpaired) electrons. The van der Waals surface area contributed by atoms with Crippen molar-refractivity contribution in [2.75, 3.05) is 27.4 Å². The van der Waals surface area contributed by atoms with Crippen LogP contribution in [-0.4, -0.2) is 63.0 Å². The number of carboxylic acid groups (broad SMARTS) is 1. The summed E-state index contributed by atoms with van der Waals surface area (Å²) in [6, 6.07) is 12.6. The van der Waals surface area contributed by atoms with Gasteiger partial charge in [-0.05, 0) is 54.7 Å². The zero-order valence-corrected chi connectivity index (χ0v) is 21.2. The van der Waals surface area contributed by atoms with E-state index in [-0.39, 0.29) is 4.90 Å². The second-order valence-corrected chi connectivity index (χ2v) is 11.4. The first-order chi connectivity index (χ1) is 16.6. The van der Waals surface area contributed by atoms with E-state index in [4.69, 9.17) is 14.2 Å². The largest absolute Gasteiger partial charge is 0.497 e. The van der Waals surface area contributed by atoms with E-state index in [2.05, 4.69) is 0 Å². The second-order valence-electron chi connectivity index (χ2n) is 9.44. The summed E-state index contributed by atoms with van der Waals surface area (Å²) in [5.74, 6) is -1.60. The van der Waals surface area contributed by atoms with Crippen molar-refractivity contribution in [2.45, 2.75) is 55.8 Å². The summed E-state index contributed by atoms with van der Waals surface area (Å²) in [4.78, 5) is 12.6. The van der Waals surface area contributed by atoms with E-state index in [1.807, 2.05) is 24.3 Å². The monoisotopic (exact) mass is 503 g/mol. The van der Waals surface area contributed by atoms with Gasteiger partial charge in [0.2, 0.25) is 10.0 Å². The average Bonchev–Trinajstić information content (AvgIpc) is 2.86. The van der Waals surface area contributed by atoms with Gasteiger partial charge in [0.15, 0.2) is 5.79 Å². The fraction of sp³-hybridized carbons (Fsp3) is 0.500. The van der Waals surface area contributed by atoms with Crippen LogP contribution in [0.4, 0.5) is 0 Å². The zero-order valence-electron chi connectivity index (χ0n) is 20.4. The molecular formula is C26H33NO7S. The molecule has 2 unspecified atom stereocenters. The third-order valence-electron chi connectivity index (χ3n) is 7.44. The number of carboxylic acids is 1. The molecular weight excluding hydrogens is 470 g/mol. The second kappa shape index (κ2) is 9.89. The molecule has 1 aliphatic heterocycles. The number of rotatable bonds is 7. The summed E-state index contributed by atoms with van der Waals surface area (Å²) in [6.45, 7) is 2.71. The number of hydrogen-bond donors (Lipinski definition) is 1. The number of benzene rings is 2. The standard InChI is InChI=1S/C26H33NO7S/c1-25(15-4-5-16-26(25)33-17-6-18-34-26)23(24(28)29)27(2)35(30,31)22-13-9-20(10-14-22)19-7-11-21(32-3)12-8-19/h7-14,23H,4-6,15-18H2,1-3H3,(H,28,29). The molecule has 2 aliphatic rings. The normalized spacial score (nSPS) is 23.2. The Balaban J connectivity index is 1.65. The Hall–Kier alpha value is -2.46. The smallest absolute Gasteiger partial charge is 0.322 e. The predicted octanol–water partition coefficient (Wildman–Crippen LogP) is 4.15. The number of sulfonamides is 1. The van der Waals surface area contributed by atoms with Crippen molar-refractivity contribution in [3.05, 3.63) is 48.5 Å². The van der Waals surface area contributed by atoms with Gasteiger partial charge in [0.05, 0.1) is 25.2 Å². The Morgan fingerprint density at radius 2 is 1.51 bits per heavy atom. The summed E-state index contributed by atoms with van der Waals surface area (Å²) in [7, 11) is -1.18. The van der Waals surface area contributed by atoms with Gasteiger partial charge in [-0.25, -0.2) is 8.42 Å². The number of aliphatic carboxylic acids is 1. The molecule has 2 fully saturated rings. The van der Waals surface area contributed by atoms with E-state index in [1.54, 1.807) is 26.2 Å². The third kappa shape index (κ3) is 4.58. The molecule has 2 atom stereocenters. The number of hydrogen-bond acceptors (Lipinski definition) is 6. The van der Waals surface area contributed by atoms with Crippen LogP contribution >= 0.6 is 0 Å². The van der Waals surface area contributed by atoms with Crippen LogP contribution in [0.25, 0.3) is 11.1 Å². The first-order valence-corrected chi connectivity index (χ1v) is 13.3. The highest BCUT2D eigenvalue weighted by atomic mass is 32.2. The molecule has 9 heteroatoms. The summed E-state index contributed by atoms with van der Waals surface area (Å²) in [5.41, 5.74) is 0.698. The van der Waals surface area contributed by atoms with E-state index in [9.17, 15) is 18.3 Å². The van der Waals surface area contributed by atoms with Gasteiger partial charge in [-0.2, -0.15) is 4.31 Å². The van der Waals surface area contributed by atoms with Gasteiger partial charge in [0, 0.05) is 18.9 Å². The fourth-order valence-corrected chi connectivity index (χ4v) is 6.87. The molecule has 0 aromatic heterocycles. The minimum Gasteiger partial charge on any atom is -0.497 e. The Bertz CT molecular complexity index is 1130. The van der Waals surface area contributed by atoms with Crippen LogP contribution < -0.4 is 4.74 Å². The number of nitrogens with zero attached hydrogens (tertiary/aromatic N) is 1. The van der Waals surface area contributed by atoms with Gasteiger partial charge in [-0.3, -0.25) is 4.79 Å². The maximum absolute atomic E-state index is 13.6. The maximum atomic E-state index is 13.6. The number of likely N-dealkylation sites (N-methyl/N-ethyl adjacent to an activating group) is 1. The lowest BCUT2D eigenvalue weighted by Gasteiger charge is -2.55. The summed E-state index contributed by atoms with van der Waals surface area (Å²) >= 11 is 0. The lowest BCUT2D eigenvalue weighted by Crippen LogP contribution is -2.66. The zero-order chi connectivity index (χ0) is 25.3. The molecule has 35 heavy (non-hydrogen) atoms. The van der Waals surface area contributed by atoms with Crippen LogP contribution in [0.5, 0.6) is 5.75 Å². The average molecular weight is 504 g/mol. The van der Waals surface area contributed by atoms with Crippen LogP contribution in [0.3, 0.4) is 0 Å². The van der Waals surface area contributed by atoms with E-state index in [0.717, 1.165) is 40.4 Å². The summed E-state index contributed by atoms with van der Waals surface area (Å²) in [6.07, 6.45) is 3.37. The maximum Gasteiger partial charge on any atom is 0.322 e. The van der Waals surface area contributed by atoms with Gasteiger partial charge in [0.1, 0.15) is 11.8 Å². The van der Waals surface area contributed by atoms with Crippen molar-refractivity contribution in [3.63, 3.8) is 0 Å². The van der Waals surface area contributed by atoms with Crippen molar-refractivity contribution >= 4 is 16.0 Å². The van der Waals surface area contributed by atoms with Crippen LogP contribution in [0.15, 0.2) is 53.4 Å². The quantitative estimate of drug-likeness (QED) is 0.606. The summed E-state index contributed by atoms with van der Waals surface area (Å²) in [5, 5.41) is 10.3. The Morgan fingerprint density at radius 1 is 0.971 bits per heavy atom. The molecule has 190 valence electrons. The highest BCUT2D eigenvalue weighted by Gasteiger charge is 2.61. The molecule has 2 aromatic rings. The van der Waals surface area contributed by atoms with Crippen molar-refractivity contribution < 1.29 is 32.5 Å². The SMILES string of the molecule is COc1ccc(-c2ccc(S(=O)(=O)N(C)C(C(=O)O)C3(C)CCCCC34OCCCO4)cc2)cc1. The Morgan fingerprint density at radius 3 is 2.06 bits per heavy atom. The van der Waals surface area contributed by atoms with Gasteiger partial charge < -0.3 is 19.3 Å². The molecule has 1 N–H and O–H groups in total. The van der Waals surface area contributed by atoms with Crippen molar-refractivity contribution in [1.82, 2.24) is 4.31 Å². The lowest BCUT2D eigenvalue weighted by molar-refractivity contribution is -0.340. The molecule has 0 amide bonds. The first kappa shape index (κ1) is 25.6. The predicted molar refractivity (Wildman–Crippen MR) is 131 cm³/mol. The molecule has 2 aromatic carbocycles. The van der Waals surface area contributed by atoms with Crippen molar-refractivity contribution in [3.8, 4) is 16.9 Å². The highest BCUT2D eigenvalue weighted by molar-refractivity contribution is 7.89. The molecule has 1 saturated carbocycles. The van der Waals surface area contributed by atoms with Crippen LogP contribution in [0.1, 0.15) is 39.0 Å². The van der Waals surface area contributed by atoms with Gasteiger partial charge in [-0.15, -0.1) is 0 Å². The van der Waals surface area contributed by atoms with E-state index < -0.39 is 33.2 Å². The van der Waals surface area contributed by atoms with Crippen LogP contribution in [-0.2, 0) is 24.3 Å². The highest BCUT2D eigenvalue weighted by Crippen LogP contribution is 2.52. The minimum atomic E-state index is -4.11. The molecule has 1 heterocycles. The number of carbonyl (C=O) groups is 1. The topological polar surface area (TPSA) is 102 Å². The third-order valence-corrected chi connectivity index (χ3v) is 9.27. The molecule has 8 nitrogen and oxygen atoms in total. The van der Waals surface area contributed by atoms with Gasteiger partial charge in [-0.1, -0.05) is 37.6 Å². The van der Waals surface area contributed by atoms with Crippen molar-refractivity contribution in [2.24, 2.45) is 5.41 Å². The minimum absolute atomic E-state index is 0.0300. The van der Waals surface area contributed by atoms with E-state index in [1.165, 1.54) is 19.2 Å². The Kier molecular flexibility index (Phi) is 7.24. The Labute approximate surface area is 206 Å². The van der Waals surface area contributed by atoms with Crippen LogP contribution in [0, 0.1) is 5.41 Å². The lowest BCUT2D eigenvalue weighted by atomic mass is 9.65. The van der Waals surface area contributed by atoms with Gasteiger partial charge >= 0.3 is 5.97 Å². The van der Waals surface area contributed by atoms with E-state index in [0.29, 0.717) is 26.1 Å². The van der Waals surface area contributed by atoms with Crippen LogP contribution in [0.2, 0.25) is 0 Å². The molecule has 4 rings (SSSR count). The molecule has 0 bridgehead atoms. The molecule has 1 spiro atoms. The summed E-state index contributed by atoms with van der Waals surface area (Å²) < 4.78 is 45.6. The van der Waals surface area contributed by atoms with Gasteiger partial charge in [0.25, 0.3) is 0 Å².